The normalized spacial score (nSPS) is 12.3. The monoisotopic (exact) mass is 250 g/mol. The Morgan fingerprint density at radius 1 is 1.00 bits per heavy atom. The Balaban J connectivity index is 3.03. The lowest BCUT2D eigenvalue weighted by molar-refractivity contribution is -0.120. The van der Waals surface area contributed by atoms with Crippen molar-refractivity contribution in [2.45, 2.75) is 58.3 Å². The first-order chi connectivity index (χ1) is 7.81. The highest BCUT2D eigenvalue weighted by Gasteiger charge is 1.97. The van der Waals surface area contributed by atoms with Crippen LogP contribution in [-0.2, 0) is 18.4 Å². The summed E-state index contributed by atoms with van der Waals surface area (Å²) in [5.41, 5.74) is 0. The van der Waals surface area contributed by atoms with Crippen LogP contribution in [0.3, 0.4) is 0 Å². The van der Waals surface area contributed by atoms with Crippen molar-refractivity contribution in [3.05, 3.63) is 0 Å². The van der Waals surface area contributed by atoms with Crippen LogP contribution in [0.4, 0.5) is 0 Å². The second kappa shape index (κ2) is 12.7. The predicted octanol–water partition coefficient (Wildman–Crippen LogP) is 3.71. The lowest BCUT2D eigenvalue weighted by Crippen LogP contribution is -1.89. The van der Waals surface area contributed by atoms with Crippen LogP contribution < -0.4 is 0 Å². The van der Waals surface area contributed by atoms with Gasteiger partial charge in [0.05, 0.1) is 6.61 Å². The molecule has 4 nitrogen and oxygen atoms in total. The van der Waals surface area contributed by atoms with Gasteiger partial charge in [0.25, 0.3) is 6.47 Å². The summed E-state index contributed by atoms with van der Waals surface area (Å²) in [7, 11) is -2.56. The maximum atomic E-state index is 10.8. The molecular formula is C11H23O4P. The van der Waals surface area contributed by atoms with Crippen molar-refractivity contribution < 1.29 is 18.4 Å². The van der Waals surface area contributed by atoms with Crippen molar-refractivity contribution in [1.29, 1.82) is 0 Å². The smallest absolute Gasteiger partial charge is 0.369 e. The van der Waals surface area contributed by atoms with Crippen LogP contribution in [0.5, 0.6) is 0 Å². The van der Waals surface area contributed by atoms with Crippen molar-refractivity contribution in [3.8, 4) is 0 Å². The zero-order valence-corrected chi connectivity index (χ0v) is 11.1. The average Bonchev–Trinajstić information content (AvgIpc) is 2.27. The molecule has 0 saturated carbocycles. The Labute approximate surface area is 98.7 Å². The molecule has 0 radical (unpaired) electrons. The molecule has 5 heteroatoms. The van der Waals surface area contributed by atoms with E-state index in [0.29, 0.717) is 6.61 Å². The Morgan fingerprint density at radius 2 is 1.56 bits per heavy atom. The quantitative estimate of drug-likeness (QED) is 0.301. The van der Waals surface area contributed by atoms with Gasteiger partial charge in [0.15, 0.2) is 0 Å². The van der Waals surface area contributed by atoms with E-state index in [9.17, 15) is 9.36 Å². The van der Waals surface area contributed by atoms with Gasteiger partial charge in [0, 0.05) is 0 Å². The summed E-state index contributed by atoms with van der Waals surface area (Å²) in [4.78, 5) is 9.80. The first kappa shape index (κ1) is 15.7. The fourth-order valence-electron chi connectivity index (χ4n) is 1.46. The first-order valence-electron chi connectivity index (χ1n) is 6.08. The van der Waals surface area contributed by atoms with Gasteiger partial charge in [-0.2, -0.15) is 0 Å². The molecule has 0 fully saturated rings. The van der Waals surface area contributed by atoms with Crippen LogP contribution in [0.25, 0.3) is 0 Å². The minimum atomic E-state index is -2.56. The minimum Gasteiger partial charge on any atom is -0.396 e. The van der Waals surface area contributed by atoms with Gasteiger partial charge in [-0.3, -0.25) is 4.79 Å². The minimum absolute atomic E-state index is 0.162. The SMILES string of the molecule is CCCCCCCCCCO[PH](=O)OC=O. The molecule has 0 rings (SSSR count). The van der Waals surface area contributed by atoms with Crippen molar-refractivity contribution in [3.63, 3.8) is 0 Å². The molecule has 16 heavy (non-hydrogen) atoms. The van der Waals surface area contributed by atoms with Crippen LogP contribution in [0.15, 0.2) is 0 Å². The lowest BCUT2D eigenvalue weighted by atomic mass is 10.1. The molecule has 0 aromatic carbocycles. The van der Waals surface area contributed by atoms with Gasteiger partial charge in [-0.1, -0.05) is 51.9 Å². The topological polar surface area (TPSA) is 52.6 Å². The van der Waals surface area contributed by atoms with E-state index in [-0.39, 0.29) is 6.47 Å². The molecule has 0 aromatic heterocycles. The number of carbonyl (C=O) groups excluding carboxylic acids is 1. The standard InChI is InChI=1S/C11H23O4P/c1-2-3-4-5-6-7-8-9-10-14-16(13)15-11-12/h11,16H,2-10H2,1H3. The molecule has 0 bridgehead atoms. The van der Waals surface area contributed by atoms with Crippen molar-refractivity contribution in [2.75, 3.05) is 6.61 Å². The zero-order valence-electron chi connectivity index (χ0n) is 10.1. The maximum Gasteiger partial charge on any atom is 0.369 e. The number of hydrogen-bond acceptors (Lipinski definition) is 4. The summed E-state index contributed by atoms with van der Waals surface area (Å²) in [6, 6.07) is 0. The number of rotatable bonds is 12. The third-order valence-electron chi connectivity index (χ3n) is 2.36. The molecule has 0 aliphatic carbocycles. The van der Waals surface area contributed by atoms with Crippen LogP contribution in [0.2, 0.25) is 0 Å². The molecule has 0 saturated heterocycles. The molecule has 0 aliphatic rings. The molecule has 0 N–H and O–H groups in total. The second-order valence-electron chi connectivity index (χ2n) is 3.79. The van der Waals surface area contributed by atoms with E-state index >= 15 is 0 Å². The Morgan fingerprint density at radius 3 is 2.12 bits per heavy atom. The van der Waals surface area contributed by atoms with Gasteiger partial charge in [0.1, 0.15) is 0 Å². The van der Waals surface area contributed by atoms with E-state index in [1.165, 1.54) is 38.5 Å². The average molecular weight is 250 g/mol. The predicted molar refractivity (Wildman–Crippen MR) is 64.7 cm³/mol. The first-order valence-corrected chi connectivity index (χ1v) is 7.30. The summed E-state index contributed by atoms with van der Waals surface area (Å²) in [6.45, 7) is 2.79. The van der Waals surface area contributed by atoms with E-state index < -0.39 is 8.25 Å². The fourth-order valence-corrected chi connectivity index (χ4v) is 1.92. The van der Waals surface area contributed by atoms with Crippen molar-refractivity contribution >= 4 is 14.7 Å². The van der Waals surface area contributed by atoms with Crippen molar-refractivity contribution in [2.24, 2.45) is 0 Å². The largest absolute Gasteiger partial charge is 0.396 e. The summed E-state index contributed by atoms with van der Waals surface area (Å²) in [5, 5.41) is 0. The highest BCUT2D eigenvalue weighted by atomic mass is 31.1. The highest BCUT2D eigenvalue weighted by Crippen LogP contribution is 2.22. The summed E-state index contributed by atoms with van der Waals surface area (Å²) in [6.07, 6.45) is 9.66. The molecule has 96 valence electrons. The van der Waals surface area contributed by atoms with Crippen LogP contribution >= 0.6 is 8.25 Å². The van der Waals surface area contributed by atoms with E-state index in [4.69, 9.17) is 4.52 Å². The van der Waals surface area contributed by atoms with Gasteiger partial charge >= 0.3 is 8.25 Å². The van der Waals surface area contributed by atoms with E-state index in [2.05, 4.69) is 11.4 Å². The number of hydrogen-bond donors (Lipinski definition) is 0. The molecule has 1 unspecified atom stereocenters. The Kier molecular flexibility index (Phi) is 12.5. The van der Waals surface area contributed by atoms with Gasteiger partial charge in [0.2, 0.25) is 0 Å². The van der Waals surface area contributed by atoms with E-state index in [0.717, 1.165) is 12.8 Å². The maximum absolute atomic E-state index is 10.8. The van der Waals surface area contributed by atoms with E-state index in [1.54, 1.807) is 0 Å². The zero-order chi connectivity index (χ0) is 12.1. The molecule has 0 spiro atoms. The van der Waals surface area contributed by atoms with Crippen LogP contribution in [0, 0.1) is 0 Å². The summed E-state index contributed by atoms with van der Waals surface area (Å²) >= 11 is 0. The number of unbranched alkanes of at least 4 members (excludes halogenated alkanes) is 7. The molecule has 0 amide bonds. The Bertz CT molecular complexity index is 185. The Hall–Kier alpha value is -0.340. The third kappa shape index (κ3) is 11.7. The lowest BCUT2D eigenvalue weighted by Gasteiger charge is -2.02. The molecule has 1 atom stereocenters. The number of carbonyl (C=O) groups is 1. The van der Waals surface area contributed by atoms with Gasteiger partial charge < -0.3 is 9.05 Å². The third-order valence-corrected chi connectivity index (χ3v) is 3.09. The summed E-state index contributed by atoms with van der Waals surface area (Å²) < 4.78 is 19.7. The van der Waals surface area contributed by atoms with E-state index in [1.807, 2.05) is 0 Å². The fraction of sp³-hybridized carbons (Fsp3) is 0.909. The van der Waals surface area contributed by atoms with Crippen molar-refractivity contribution in [1.82, 2.24) is 0 Å². The van der Waals surface area contributed by atoms with Crippen LogP contribution in [-0.4, -0.2) is 13.1 Å². The van der Waals surface area contributed by atoms with Gasteiger partial charge in [-0.25, -0.2) is 4.57 Å². The molecule has 0 aromatic rings. The van der Waals surface area contributed by atoms with Crippen LogP contribution in [0.1, 0.15) is 58.3 Å². The summed E-state index contributed by atoms with van der Waals surface area (Å²) in [5.74, 6) is 0. The van der Waals surface area contributed by atoms with Gasteiger partial charge in [-0.15, -0.1) is 0 Å². The molecular weight excluding hydrogens is 227 g/mol. The molecule has 0 heterocycles. The highest BCUT2D eigenvalue weighted by molar-refractivity contribution is 7.33. The molecule has 0 aliphatic heterocycles. The second-order valence-corrected chi connectivity index (χ2v) is 4.81. The van der Waals surface area contributed by atoms with Gasteiger partial charge in [-0.05, 0) is 6.42 Å².